The number of hydrogen-bond acceptors (Lipinski definition) is 3. The normalized spacial score (nSPS) is 19.0. The van der Waals surface area contributed by atoms with E-state index in [0.717, 1.165) is 0 Å². The van der Waals surface area contributed by atoms with Crippen molar-refractivity contribution in [2.75, 3.05) is 0 Å². The molecule has 0 saturated heterocycles. The highest BCUT2D eigenvalue weighted by molar-refractivity contribution is 5.88. The minimum Gasteiger partial charge on any atom is -0.428 e. The number of alkyl halides is 3. The number of rotatable bonds is 2. The molecule has 3 nitrogen and oxygen atoms in total. The quantitative estimate of drug-likeness (QED) is 0.846. The van der Waals surface area contributed by atoms with Crippen molar-refractivity contribution in [3.05, 3.63) is 52.1 Å². The Morgan fingerprint density at radius 2 is 1.71 bits per heavy atom. The van der Waals surface area contributed by atoms with Crippen molar-refractivity contribution in [1.29, 1.82) is 0 Å². The van der Waals surface area contributed by atoms with Crippen LogP contribution in [0.5, 0.6) is 5.75 Å². The molecule has 0 spiro atoms. The van der Waals surface area contributed by atoms with E-state index in [4.69, 9.17) is 4.74 Å². The van der Waals surface area contributed by atoms with Crippen LogP contribution in [0, 0.1) is 20.8 Å². The maximum Gasteiger partial charge on any atom is 0.425 e. The molecule has 0 heterocycles. The third kappa shape index (κ3) is 1.86. The van der Waals surface area contributed by atoms with Gasteiger partial charge in [0.05, 0.1) is 0 Å². The molecule has 1 aliphatic carbocycles. The van der Waals surface area contributed by atoms with E-state index in [1.54, 1.807) is 19.9 Å². The fourth-order valence-corrected chi connectivity index (χ4v) is 3.48. The molecule has 2 aromatic rings. The van der Waals surface area contributed by atoms with Gasteiger partial charge in [-0.2, -0.15) is 13.2 Å². The molecule has 126 valence electrons. The Morgan fingerprint density at radius 1 is 1.08 bits per heavy atom. The maximum atomic E-state index is 13.9. The second kappa shape index (κ2) is 5.08. The molecule has 1 aliphatic rings. The first-order chi connectivity index (χ1) is 11.2. The summed E-state index contributed by atoms with van der Waals surface area (Å²) in [6.07, 6.45) is -4.92. The Morgan fingerprint density at radius 3 is 2.29 bits per heavy atom. The van der Waals surface area contributed by atoms with Crippen molar-refractivity contribution in [1.82, 2.24) is 0 Å². The molecule has 1 atom stereocenters. The van der Waals surface area contributed by atoms with Gasteiger partial charge >= 0.3 is 6.18 Å². The van der Waals surface area contributed by atoms with Crippen LogP contribution in [-0.4, -0.2) is 17.8 Å². The van der Waals surface area contributed by atoms with Gasteiger partial charge in [-0.25, -0.2) is 0 Å². The van der Waals surface area contributed by atoms with Gasteiger partial charge in [0.1, 0.15) is 5.75 Å². The standard InChI is InChI=1S/C18H15F3O3/c1-9-10(2)15-14(16(11(9)3)24-8-22)12-6-4-5-7-13(12)17(15,23)18(19,20)21/h4-8,23H,1-3H3. The number of carbonyl (C=O) groups excluding carboxylic acids is 1. The third-order valence-corrected chi connectivity index (χ3v) is 4.84. The first-order valence-electron chi connectivity index (χ1n) is 7.29. The summed E-state index contributed by atoms with van der Waals surface area (Å²) in [6.45, 7) is 5.04. The molecule has 2 aromatic carbocycles. The van der Waals surface area contributed by atoms with E-state index >= 15 is 0 Å². The third-order valence-electron chi connectivity index (χ3n) is 4.84. The van der Waals surface area contributed by atoms with Crippen LogP contribution in [0.4, 0.5) is 13.2 Å². The first kappa shape index (κ1) is 16.5. The Bertz CT molecular complexity index is 856. The van der Waals surface area contributed by atoms with E-state index in [2.05, 4.69) is 0 Å². The lowest BCUT2D eigenvalue weighted by Gasteiger charge is -2.30. The van der Waals surface area contributed by atoms with Gasteiger partial charge in [0.2, 0.25) is 5.60 Å². The monoisotopic (exact) mass is 336 g/mol. The summed E-state index contributed by atoms with van der Waals surface area (Å²) in [5.41, 5.74) is -1.87. The molecular formula is C18H15F3O3. The highest BCUT2D eigenvalue weighted by Crippen LogP contribution is 2.59. The van der Waals surface area contributed by atoms with Crippen LogP contribution in [0.15, 0.2) is 24.3 Å². The number of carbonyl (C=O) groups is 1. The molecule has 0 saturated carbocycles. The van der Waals surface area contributed by atoms with Crippen molar-refractivity contribution in [2.24, 2.45) is 0 Å². The molecule has 0 bridgehead atoms. The van der Waals surface area contributed by atoms with Crippen LogP contribution >= 0.6 is 0 Å². The summed E-state index contributed by atoms with van der Waals surface area (Å²) in [4.78, 5) is 10.9. The zero-order valence-corrected chi connectivity index (χ0v) is 13.3. The number of benzene rings is 2. The molecule has 24 heavy (non-hydrogen) atoms. The highest BCUT2D eigenvalue weighted by atomic mass is 19.4. The minimum absolute atomic E-state index is 0.0516. The van der Waals surface area contributed by atoms with Crippen LogP contribution in [0.1, 0.15) is 27.8 Å². The largest absolute Gasteiger partial charge is 0.428 e. The summed E-state index contributed by atoms with van der Waals surface area (Å²) < 4.78 is 46.6. The van der Waals surface area contributed by atoms with Gasteiger partial charge in [0.15, 0.2) is 0 Å². The van der Waals surface area contributed by atoms with E-state index in [-0.39, 0.29) is 34.5 Å². The maximum absolute atomic E-state index is 13.9. The molecule has 3 rings (SSSR count). The Hall–Kier alpha value is -2.34. The summed E-state index contributed by atoms with van der Waals surface area (Å²) in [7, 11) is 0. The Balaban J connectivity index is 2.56. The van der Waals surface area contributed by atoms with Gasteiger partial charge < -0.3 is 9.84 Å². The Kier molecular flexibility index (Phi) is 3.49. The molecular weight excluding hydrogens is 321 g/mol. The van der Waals surface area contributed by atoms with Crippen LogP contribution in [-0.2, 0) is 10.4 Å². The molecule has 0 radical (unpaired) electrons. The average Bonchev–Trinajstić information content (AvgIpc) is 2.80. The molecule has 1 unspecified atom stereocenters. The smallest absolute Gasteiger partial charge is 0.425 e. The van der Waals surface area contributed by atoms with Gasteiger partial charge in [-0.05, 0) is 43.0 Å². The highest BCUT2D eigenvalue weighted by Gasteiger charge is 2.62. The van der Waals surface area contributed by atoms with Crippen LogP contribution < -0.4 is 4.74 Å². The van der Waals surface area contributed by atoms with Gasteiger partial charge in [-0.1, -0.05) is 24.3 Å². The first-order valence-corrected chi connectivity index (χ1v) is 7.29. The summed E-state index contributed by atoms with van der Waals surface area (Å²) in [5, 5.41) is 10.8. The predicted octanol–water partition coefficient (Wildman–Crippen LogP) is 3.93. The fraction of sp³-hybridized carbons (Fsp3) is 0.278. The SMILES string of the molecule is Cc1c(C)c(OC=O)c2c(c1C)C(O)(C(F)(F)F)c1ccccc1-2. The second-order valence-corrected chi connectivity index (χ2v) is 5.92. The number of halogens is 3. The van der Waals surface area contributed by atoms with Gasteiger partial charge in [0.25, 0.3) is 6.47 Å². The van der Waals surface area contributed by atoms with Gasteiger partial charge in [-0.15, -0.1) is 0 Å². The van der Waals surface area contributed by atoms with Crippen molar-refractivity contribution in [3.8, 4) is 16.9 Å². The van der Waals surface area contributed by atoms with Crippen LogP contribution in [0.3, 0.4) is 0 Å². The second-order valence-electron chi connectivity index (χ2n) is 5.92. The molecule has 0 aliphatic heterocycles. The lowest BCUT2D eigenvalue weighted by Crippen LogP contribution is -2.42. The van der Waals surface area contributed by atoms with E-state index in [1.165, 1.54) is 25.1 Å². The molecule has 0 amide bonds. The van der Waals surface area contributed by atoms with E-state index < -0.39 is 11.8 Å². The van der Waals surface area contributed by atoms with Gasteiger partial charge in [0, 0.05) is 16.7 Å². The van der Waals surface area contributed by atoms with E-state index in [9.17, 15) is 23.1 Å². The molecule has 0 fully saturated rings. The lowest BCUT2D eigenvalue weighted by atomic mass is 9.85. The van der Waals surface area contributed by atoms with E-state index in [1.807, 2.05) is 0 Å². The van der Waals surface area contributed by atoms with Crippen molar-refractivity contribution in [3.63, 3.8) is 0 Å². The molecule has 0 aromatic heterocycles. The number of aliphatic hydroxyl groups is 1. The molecule has 1 N–H and O–H groups in total. The summed E-state index contributed by atoms with van der Waals surface area (Å²) in [5.74, 6) is 0.0516. The number of fused-ring (bicyclic) bond motifs is 3. The van der Waals surface area contributed by atoms with Crippen molar-refractivity contribution in [2.45, 2.75) is 32.5 Å². The van der Waals surface area contributed by atoms with Crippen molar-refractivity contribution < 1.29 is 27.8 Å². The summed E-state index contributed by atoms with van der Waals surface area (Å²) >= 11 is 0. The number of hydrogen-bond donors (Lipinski definition) is 1. The van der Waals surface area contributed by atoms with Crippen LogP contribution in [0.25, 0.3) is 11.1 Å². The summed E-state index contributed by atoms with van der Waals surface area (Å²) in [6, 6.07) is 5.76. The predicted molar refractivity (Wildman–Crippen MR) is 81.8 cm³/mol. The van der Waals surface area contributed by atoms with E-state index in [0.29, 0.717) is 16.7 Å². The zero-order chi connectivity index (χ0) is 17.9. The lowest BCUT2D eigenvalue weighted by molar-refractivity contribution is -0.247. The topological polar surface area (TPSA) is 46.5 Å². The average molecular weight is 336 g/mol. The minimum atomic E-state index is -4.92. The van der Waals surface area contributed by atoms with Crippen LogP contribution in [0.2, 0.25) is 0 Å². The van der Waals surface area contributed by atoms with Crippen molar-refractivity contribution >= 4 is 6.47 Å². The zero-order valence-electron chi connectivity index (χ0n) is 13.3. The Labute approximate surface area is 136 Å². The van der Waals surface area contributed by atoms with Gasteiger partial charge in [-0.3, -0.25) is 4.79 Å². The number of ether oxygens (including phenoxy) is 1. The fourth-order valence-electron chi connectivity index (χ4n) is 3.48. The molecule has 6 heteroatoms.